The van der Waals surface area contributed by atoms with Crippen LogP contribution >= 0.6 is 0 Å². The van der Waals surface area contributed by atoms with Gasteiger partial charge in [-0.05, 0) is 57.0 Å². The first-order valence-corrected chi connectivity index (χ1v) is 7.14. The molecule has 0 unspecified atom stereocenters. The molecule has 0 aliphatic heterocycles. The van der Waals surface area contributed by atoms with E-state index in [-0.39, 0.29) is 0 Å². The molecular formula is C16H26N2O. The van der Waals surface area contributed by atoms with E-state index in [0.29, 0.717) is 5.41 Å². The third kappa shape index (κ3) is 3.03. The Kier molecular flexibility index (Phi) is 4.35. The Hall–Kier alpha value is -1.22. The molecule has 0 radical (unpaired) electrons. The summed E-state index contributed by atoms with van der Waals surface area (Å²) in [6, 6.07) is 4.31. The van der Waals surface area contributed by atoms with Gasteiger partial charge in [0.25, 0.3) is 0 Å². The first-order valence-electron chi connectivity index (χ1n) is 7.14. The second-order valence-electron chi connectivity index (χ2n) is 5.87. The molecule has 2 rings (SSSR count). The maximum Gasteiger partial charge on any atom is 0.122 e. The minimum Gasteiger partial charge on any atom is -0.496 e. The van der Waals surface area contributed by atoms with E-state index in [2.05, 4.69) is 36.6 Å². The maximum absolute atomic E-state index is 5.36. The van der Waals surface area contributed by atoms with Crippen molar-refractivity contribution in [2.45, 2.75) is 33.1 Å². The van der Waals surface area contributed by atoms with Crippen LogP contribution in [0, 0.1) is 19.3 Å². The number of methoxy groups -OCH3 is 1. The zero-order valence-corrected chi connectivity index (χ0v) is 12.6. The van der Waals surface area contributed by atoms with E-state index in [1.165, 1.54) is 36.1 Å². The molecule has 0 saturated heterocycles. The van der Waals surface area contributed by atoms with E-state index in [4.69, 9.17) is 4.74 Å². The molecule has 0 heterocycles. The van der Waals surface area contributed by atoms with Crippen molar-refractivity contribution in [3.05, 3.63) is 23.3 Å². The smallest absolute Gasteiger partial charge is 0.122 e. The van der Waals surface area contributed by atoms with Gasteiger partial charge < -0.3 is 15.4 Å². The highest BCUT2D eigenvalue weighted by Gasteiger charge is 2.35. The third-order valence-electron chi connectivity index (χ3n) is 4.36. The minimum absolute atomic E-state index is 0.453. The average molecular weight is 262 g/mol. The van der Waals surface area contributed by atoms with Gasteiger partial charge in [0.15, 0.2) is 0 Å². The molecule has 19 heavy (non-hydrogen) atoms. The number of nitrogens with one attached hydrogen (secondary N) is 2. The van der Waals surface area contributed by atoms with E-state index >= 15 is 0 Å². The molecule has 0 aromatic heterocycles. The molecule has 1 fully saturated rings. The Balaban J connectivity index is 2.05. The van der Waals surface area contributed by atoms with Crippen LogP contribution < -0.4 is 15.4 Å². The van der Waals surface area contributed by atoms with Gasteiger partial charge in [-0.1, -0.05) is 6.42 Å². The summed E-state index contributed by atoms with van der Waals surface area (Å²) >= 11 is 0. The predicted octanol–water partition coefficient (Wildman–Crippen LogP) is 3.11. The van der Waals surface area contributed by atoms with Crippen LogP contribution in [0.1, 0.15) is 30.4 Å². The van der Waals surface area contributed by atoms with Crippen LogP contribution in [0.15, 0.2) is 12.1 Å². The Morgan fingerprint density at radius 1 is 1.16 bits per heavy atom. The fraction of sp³-hybridized carbons (Fsp3) is 0.625. The summed E-state index contributed by atoms with van der Waals surface area (Å²) in [5.74, 6) is 0.969. The van der Waals surface area contributed by atoms with E-state index in [1.807, 2.05) is 7.05 Å². The summed E-state index contributed by atoms with van der Waals surface area (Å²) in [5, 5.41) is 6.97. The van der Waals surface area contributed by atoms with Gasteiger partial charge >= 0.3 is 0 Å². The predicted molar refractivity (Wildman–Crippen MR) is 81.2 cm³/mol. The summed E-state index contributed by atoms with van der Waals surface area (Å²) in [7, 11) is 3.77. The SMILES string of the molecule is CNCC1(CNc2cc(C)c(OC)cc2C)CCC1. The monoisotopic (exact) mass is 262 g/mol. The van der Waals surface area contributed by atoms with Crippen LogP contribution in [-0.4, -0.2) is 27.2 Å². The Morgan fingerprint density at radius 2 is 1.89 bits per heavy atom. The van der Waals surface area contributed by atoms with Crippen molar-refractivity contribution >= 4 is 5.69 Å². The molecule has 1 aromatic rings. The van der Waals surface area contributed by atoms with Gasteiger partial charge in [-0.25, -0.2) is 0 Å². The molecular weight excluding hydrogens is 236 g/mol. The van der Waals surface area contributed by atoms with Crippen molar-refractivity contribution in [2.24, 2.45) is 5.41 Å². The minimum atomic E-state index is 0.453. The highest BCUT2D eigenvalue weighted by molar-refractivity contribution is 5.57. The first-order chi connectivity index (χ1) is 9.10. The van der Waals surface area contributed by atoms with Gasteiger partial charge in [0.1, 0.15) is 5.75 Å². The van der Waals surface area contributed by atoms with Gasteiger partial charge in [-0.3, -0.25) is 0 Å². The van der Waals surface area contributed by atoms with Crippen LogP contribution in [0.4, 0.5) is 5.69 Å². The van der Waals surface area contributed by atoms with Crippen molar-refractivity contribution in [1.29, 1.82) is 0 Å². The lowest BCUT2D eigenvalue weighted by molar-refractivity contribution is 0.151. The van der Waals surface area contributed by atoms with Crippen LogP contribution in [0.2, 0.25) is 0 Å². The molecule has 3 nitrogen and oxygen atoms in total. The van der Waals surface area contributed by atoms with Crippen molar-refractivity contribution in [1.82, 2.24) is 5.32 Å². The Morgan fingerprint density at radius 3 is 2.42 bits per heavy atom. The van der Waals surface area contributed by atoms with Gasteiger partial charge in [-0.2, -0.15) is 0 Å². The fourth-order valence-corrected chi connectivity index (χ4v) is 2.95. The first kappa shape index (κ1) is 14.2. The summed E-state index contributed by atoms with van der Waals surface area (Å²) in [6.45, 7) is 6.39. The molecule has 0 spiro atoms. The van der Waals surface area contributed by atoms with Crippen LogP contribution in [0.5, 0.6) is 5.75 Å². The summed E-state index contributed by atoms with van der Waals surface area (Å²) < 4.78 is 5.36. The van der Waals surface area contributed by atoms with E-state index in [1.54, 1.807) is 7.11 Å². The van der Waals surface area contributed by atoms with E-state index < -0.39 is 0 Å². The third-order valence-corrected chi connectivity index (χ3v) is 4.36. The Bertz CT molecular complexity index is 439. The van der Waals surface area contributed by atoms with Crippen molar-refractivity contribution in [3.63, 3.8) is 0 Å². The quantitative estimate of drug-likeness (QED) is 0.826. The zero-order valence-electron chi connectivity index (χ0n) is 12.6. The lowest BCUT2D eigenvalue weighted by atomic mass is 9.68. The van der Waals surface area contributed by atoms with Gasteiger partial charge in [0, 0.05) is 24.2 Å². The molecule has 1 aliphatic rings. The van der Waals surface area contributed by atoms with Gasteiger partial charge in [0.05, 0.1) is 7.11 Å². The molecule has 1 aliphatic carbocycles. The normalized spacial score (nSPS) is 16.8. The highest BCUT2D eigenvalue weighted by Crippen LogP contribution is 2.40. The number of aryl methyl sites for hydroxylation is 2. The topological polar surface area (TPSA) is 33.3 Å². The lowest BCUT2D eigenvalue weighted by Gasteiger charge is -2.42. The number of hydrogen-bond acceptors (Lipinski definition) is 3. The maximum atomic E-state index is 5.36. The number of benzene rings is 1. The summed E-state index contributed by atoms with van der Waals surface area (Å²) in [5.41, 5.74) is 4.13. The largest absolute Gasteiger partial charge is 0.496 e. The van der Waals surface area contributed by atoms with Crippen LogP contribution in [0.25, 0.3) is 0 Å². The van der Waals surface area contributed by atoms with E-state index in [9.17, 15) is 0 Å². The Labute approximate surface area is 116 Å². The molecule has 0 atom stereocenters. The van der Waals surface area contributed by atoms with Crippen LogP contribution in [-0.2, 0) is 0 Å². The number of ether oxygens (including phenoxy) is 1. The van der Waals surface area contributed by atoms with Gasteiger partial charge in [0.2, 0.25) is 0 Å². The highest BCUT2D eigenvalue weighted by atomic mass is 16.5. The second kappa shape index (κ2) is 5.83. The van der Waals surface area contributed by atoms with E-state index in [0.717, 1.165) is 18.8 Å². The summed E-state index contributed by atoms with van der Waals surface area (Å²) in [4.78, 5) is 0. The lowest BCUT2D eigenvalue weighted by Crippen LogP contribution is -2.44. The standard InChI is InChI=1S/C16H26N2O/c1-12-9-15(19-4)13(2)8-14(12)18-11-16(10-17-3)6-5-7-16/h8-9,17-18H,5-7,10-11H2,1-4H3. The molecule has 0 bridgehead atoms. The molecule has 2 N–H and O–H groups in total. The molecule has 106 valence electrons. The number of anilines is 1. The fourth-order valence-electron chi connectivity index (χ4n) is 2.95. The zero-order chi connectivity index (χ0) is 13.9. The number of hydrogen-bond donors (Lipinski definition) is 2. The average Bonchev–Trinajstić information content (AvgIpc) is 2.35. The molecule has 3 heteroatoms. The van der Waals surface area contributed by atoms with Gasteiger partial charge in [-0.15, -0.1) is 0 Å². The number of rotatable bonds is 6. The van der Waals surface area contributed by atoms with Crippen molar-refractivity contribution < 1.29 is 4.74 Å². The molecule has 0 amide bonds. The molecule has 1 aromatic carbocycles. The van der Waals surface area contributed by atoms with Crippen LogP contribution in [0.3, 0.4) is 0 Å². The second-order valence-corrected chi connectivity index (χ2v) is 5.87. The summed E-state index contributed by atoms with van der Waals surface area (Å²) in [6.07, 6.45) is 4.02. The van der Waals surface area contributed by atoms with Crippen molar-refractivity contribution in [2.75, 3.05) is 32.6 Å². The van der Waals surface area contributed by atoms with Crippen molar-refractivity contribution in [3.8, 4) is 5.75 Å². The molecule has 1 saturated carbocycles.